The van der Waals surface area contributed by atoms with Crippen LogP contribution in [-0.2, 0) is 6.61 Å². The second kappa shape index (κ2) is 7.38. The van der Waals surface area contributed by atoms with Gasteiger partial charge < -0.3 is 14.0 Å². The maximum atomic E-state index is 6.23. The fourth-order valence-electron chi connectivity index (χ4n) is 3.20. The maximum Gasteiger partial charge on any atom is 0.140 e. The van der Waals surface area contributed by atoms with Gasteiger partial charge in [0.05, 0.1) is 23.1 Å². The van der Waals surface area contributed by atoms with Crippen molar-refractivity contribution < 1.29 is 14.0 Å². The van der Waals surface area contributed by atoms with Gasteiger partial charge in [-0.25, -0.2) is 4.98 Å². The van der Waals surface area contributed by atoms with Gasteiger partial charge >= 0.3 is 0 Å². The SMILES string of the molecule is Cc1noc(C)c1COc1cc(OC(C)C)ccc1-c1cccc2nccn12. The highest BCUT2D eigenvalue weighted by atomic mass is 16.5. The molecule has 1 aromatic carbocycles. The number of hydrogen-bond acceptors (Lipinski definition) is 5. The molecule has 4 rings (SSSR count). The lowest BCUT2D eigenvalue weighted by Gasteiger charge is -2.16. The molecule has 0 radical (unpaired) electrons. The Morgan fingerprint density at radius 2 is 2.00 bits per heavy atom. The average molecular weight is 377 g/mol. The van der Waals surface area contributed by atoms with Gasteiger partial charge in [0.2, 0.25) is 0 Å². The second-order valence-corrected chi connectivity index (χ2v) is 6.98. The number of nitrogens with zero attached hydrogens (tertiary/aromatic N) is 3. The zero-order chi connectivity index (χ0) is 19.7. The van der Waals surface area contributed by atoms with Crippen LogP contribution in [-0.4, -0.2) is 20.6 Å². The van der Waals surface area contributed by atoms with E-state index < -0.39 is 0 Å². The molecule has 3 heterocycles. The lowest BCUT2D eigenvalue weighted by molar-refractivity contribution is 0.239. The molecule has 0 N–H and O–H groups in total. The van der Waals surface area contributed by atoms with E-state index in [1.54, 1.807) is 6.20 Å². The van der Waals surface area contributed by atoms with Crippen molar-refractivity contribution in [2.24, 2.45) is 0 Å². The van der Waals surface area contributed by atoms with E-state index in [1.165, 1.54) is 0 Å². The third-order valence-electron chi connectivity index (χ3n) is 4.58. The third kappa shape index (κ3) is 3.45. The first kappa shape index (κ1) is 18.1. The van der Waals surface area contributed by atoms with Crippen molar-refractivity contribution in [3.63, 3.8) is 0 Å². The average Bonchev–Trinajstić information content (AvgIpc) is 3.26. The first-order chi connectivity index (χ1) is 13.5. The smallest absolute Gasteiger partial charge is 0.140 e. The summed E-state index contributed by atoms with van der Waals surface area (Å²) in [5.74, 6) is 2.27. The number of fused-ring (bicyclic) bond motifs is 1. The molecule has 0 bridgehead atoms. The van der Waals surface area contributed by atoms with E-state index in [4.69, 9.17) is 14.0 Å². The third-order valence-corrected chi connectivity index (χ3v) is 4.58. The Balaban J connectivity index is 1.76. The first-order valence-electron chi connectivity index (χ1n) is 9.30. The van der Waals surface area contributed by atoms with Crippen LogP contribution in [0.25, 0.3) is 16.9 Å². The maximum absolute atomic E-state index is 6.23. The summed E-state index contributed by atoms with van der Waals surface area (Å²) in [5.41, 5.74) is 4.65. The molecule has 144 valence electrons. The van der Waals surface area contributed by atoms with E-state index in [0.29, 0.717) is 6.61 Å². The number of aryl methyl sites for hydroxylation is 2. The summed E-state index contributed by atoms with van der Waals surface area (Å²) in [7, 11) is 0. The number of pyridine rings is 1. The predicted molar refractivity (Wildman–Crippen MR) is 107 cm³/mol. The molecular formula is C22H23N3O3. The van der Waals surface area contributed by atoms with Crippen LogP contribution in [0.4, 0.5) is 0 Å². The summed E-state index contributed by atoms with van der Waals surface area (Å²) in [4.78, 5) is 4.38. The molecule has 4 aromatic rings. The van der Waals surface area contributed by atoms with E-state index in [-0.39, 0.29) is 6.10 Å². The number of imidazole rings is 1. The van der Waals surface area contributed by atoms with Gasteiger partial charge in [-0.3, -0.25) is 4.40 Å². The van der Waals surface area contributed by atoms with Crippen LogP contribution in [0.5, 0.6) is 11.5 Å². The fourth-order valence-corrected chi connectivity index (χ4v) is 3.20. The highest BCUT2D eigenvalue weighted by Gasteiger charge is 2.15. The molecule has 0 saturated heterocycles. The quantitative estimate of drug-likeness (QED) is 0.475. The van der Waals surface area contributed by atoms with E-state index in [2.05, 4.69) is 16.2 Å². The summed E-state index contributed by atoms with van der Waals surface area (Å²) < 4.78 is 19.4. The minimum Gasteiger partial charge on any atom is -0.491 e. The number of hydrogen-bond donors (Lipinski definition) is 0. The molecule has 0 aliphatic rings. The summed E-state index contributed by atoms with van der Waals surface area (Å²) in [6, 6.07) is 11.9. The number of ether oxygens (including phenoxy) is 2. The Kier molecular flexibility index (Phi) is 4.77. The molecule has 0 atom stereocenters. The highest BCUT2D eigenvalue weighted by molar-refractivity contribution is 5.71. The van der Waals surface area contributed by atoms with Crippen molar-refractivity contribution in [1.29, 1.82) is 0 Å². The van der Waals surface area contributed by atoms with Crippen molar-refractivity contribution in [2.45, 2.75) is 40.4 Å². The molecule has 28 heavy (non-hydrogen) atoms. The lowest BCUT2D eigenvalue weighted by Crippen LogP contribution is -2.06. The molecule has 6 nitrogen and oxygen atoms in total. The van der Waals surface area contributed by atoms with Gasteiger partial charge in [0.15, 0.2) is 0 Å². The van der Waals surface area contributed by atoms with Crippen LogP contribution in [0.15, 0.2) is 53.3 Å². The zero-order valence-electron chi connectivity index (χ0n) is 16.5. The number of rotatable bonds is 6. The largest absolute Gasteiger partial charge is 0.491 e. The Labute approximate surface area is 163 Å². The first-order valence-corrected chi connectivity index (χ1v) is 9.30. The van der Waals surface area contributed by atoms with Gasteiger partial charge in [-0.05, 0) is 52.0 Å². The van der Waals surface area contributed by atoms with Gasteiger partial charge in [0, 0.05) is 24.0 Å². The molecule has 6 heteroatoms. The predicted octanol–water partition coefficient (Wildman–Crippen LogP) is 4.97. The minimum absolute atomic E-state index is 0.0818. The van der Waals surface area contributed by atoms with Crippen LogP contribution in [0.1, 0.15) is 30.9 Å². The molecule has 0 aliphatic carbocycles. The van der Waals surface area contributed by atoms with E-state index in [9.17, 15) is 0 Å². The summed E-state index contributed by atoms with van der Waals surface area (Å²) in [5, 5.41) is 4.01. The van der Waals surface area contributed by atoms with Gasteiger partial charge in [0.25, 0.3) is 0 Å². The molecule has 0 spiro atoms. The number of aromatic nitrogens is 3. The Morgan fingerprint density at radius 3 is 2.75 bits per heavy atom. The zero-order valence-corrected chi connectivity index (χ0v) is 16.5. The lowest BCUT2D eigenvalue weighted by atomic mass is 10.1. The minimum atomic E-state index is 0.0818. The Morgan fingerprint density at radius 1 is 1.14 bits per heavy atom. The summed E-state index contributed by atoms with van der Waals surface area (Å²) in [6.07, 6.45) is 3.82. The Hall–Kier alpha value is -3.28. The van der Waals surface area contributed by atoms with Crippen LogP contribution in [0.3, 0.4) is 0 Å². The molecule has 0 fully saturated rings. The summed E-state index contributed by atoms with van der Waals surface area (Å²) >= 11 is 0. The van der Waals surface area contributed by atoms with E-state index in [1.807, 2.05) is 68.6 Å². The molecule has 0 amide bonds. The highest BCUT2D eigenvalue weighted by Crippen LogP contribution is 2.35. The standard InChI is InChI=1S/C22H23N3O3/c1-14(2)27-17-8-9-18(20-6-5-7-22-23-10-11-25(20)22)21(12-17)26-13-19-15(3)24-28-16(19)4/h5-12,14H,13H2,1-4H3. The van der Waals surface area contributed by atoms with Crippen LogP contribution >= 0.6 is 0 Å². The number of benzene rings is 1. The Bertz CT molecular complexity index is 1090. The topological polar surface area (TPSA) is 61.8 Å². The van der Waals surface area contributed by atoms with Crippen LogP contribution in [0.2, 0.25) is 0 Å². The van der Waals surface area contributed by atoms with Gasteiger partial charge in [-0.1, -0.05) is 11.2 Å². The van der Waals surface area contributed by atoms with Crippen molar-refractivity contribution in [3.05, 3.63) is 65.8 Å². The normalized spacial score (nSPS) is 11.3. The molecule has 0 saturated carbocycles. The second-order valence-electron chi connectivity index (χ2n) is 6.98. The van der Waals surface area contributed by atoms with Crippen molar-refractivity contribution in [3.8, 4) is 22.8 Å². The molecule has 3 aromatic heterocycles. The van der Waals surface area contributed by atoms with Gasteiger partial charge in [-0.15, -0.1) is 0 Å². The molecular weight excluding hydrogens is 354 g/mol. The molecule has 0 unspecified atom stereocenters. The summed E-state index contributed by atoms with van der Waals surface area (Å²) in [6.45, 7) is 8.19. The van der Waals surface area contributed by atoms with Crippen LogP contribution in [0, 0.1) is 13.8 Å². The van der Waals surface area contributed by atoms with Gasteiger partial charge in [0.1, 0.15) is 29.5 Å². The van der Waals surface area contributed by atoms with Crippen molar-refractivity contribution in [1.82, 2.24) is 14.5 Å². The van der Waals surface area contributed by atoms with Crippen LogP contribution < -0.4 is 9.47 Å². The van der Waals surface area contributed by atoms with Crippen molar-refractivity contribution in [2.75, 3.05) is 0 Å². The van der Waals surface area contributed by atoms with Crippen molar-refractivity contribution >= 4 is 5.65 Å². The van der Waals surface area contributed by atoms with E-state index in [0.717, 1.165) is 45.4 Å². The fraction of sp³-hybridized carbons (Fsp3) is 0.273. The monoisotopic (exact) mass is 377 g/mol. The van der Waals surface area contributed by atoms with Gasteiger partial charge in [-0.2, -0.15) is 0 Å². The van der Waals surface area contributed by atoms with E-state index >= 15 is 0 Å². The molecule has 0 aliphatic heterocycles.